The number of amides is 1. The molecule has 0 saturated heterocycles. The fourth-order valence-electron chi connectivity index (χ4n) is 2.28. The molecule has 0 aliphatic heterocycles. The van der Waals surface area contributed by atoms with Gasteiger partial charge >= 0.3 is 0 Å². The molecule has 0 aliphatic rings. The summed E-state index contributed by atoms with van der Waals surface area (Å²) in [6, 6.07) is 19.4. The molecule has 0 aromatic heterocycles. The number of anilines is 3. The SMILES string of the molecule is NC(=O)c1cc(Nc2ccc3ccccc3c2)ccc1N. The van der Waals surface area contributed by atoms with Gasteiger partial charge in [-0.2, -0.15) is 0 Å². The number of carbonyl (C=O) groups is 1. The van der Waals surface area contributed by atoms with Gasteiger partial charge in [0.2, 0.25) is 0 Å². The van der Waals surface area contributed by atoms with Crippen LogP contribution in [0.4, 0.5) is 17.1 Å². The Morgan fingerprint density at radius 2 is 1.52 bits per heavy atom. The zero-order valence-corrected chi connectivity index (χ0v) is 11.3. The van der Waals surface area contributed by atoms with Crippen molar-refractivity contribution in [3.8, 4) is 0 Å². The Labute approximate surface area is 122 Å². The summed E-state index contributed by atoms with van der Waals surface area (Å²) in [5.74, 6) is -0.533. The second-order valence-corrected chi connectivity index (χ2v) is 4.85. The average molecular weight is 277 g/mol. The molecule has 104 valence electrons. The highest BCUT2D eigenvalue weighted by atomic mass is 16.1. The fourth-order valence-corrected chi connectivity index (χ4v) is 2.28. The lowest BCUT2D eigenvalue weighted by Gasteiger charge is -2.10. The number of nitrogen functional groups attached to an aromatic ring is 1. The third kappa shape index (κ3) is 2.65. The quantitative estimate of drug-likeness (QED) is 0.643. The Hall–Kier alpha value is -3.01. The van der Waals surface area contributed by atoms with Gasteiger partial charge in [0, 0.05) is 17.1 Å². The van der Waals surface area contributed by atoms with Gasteiger partial charge in [0.05, 0.1) is 5.56 Å². The molecule has 21 heavy (non-hydrogen) atoms. The maximum Gasteiger partial charge on any atom is 0.250 e. The van der Waals surface area contributed by atoms with Crippen molar-refractivity contribution in [1.29, 1.82) is 0 Å². The summed E-state index contributed by atoms with van der Waals surface area (Å²) >= 11 is 0. The second kappa shape index (κ2) is 5.17. The van der Waals surface area contributed by atoms with Crippen LogP contribution in [0.2, 0.25) is 0 Å². The Balaban J connectivity index is 1.94. The predicted octanol–water partition coefficient (Wildman–Crippen LogP) is 3.26. The summed E-state index contributed by atoms with van der Waals surface area (Å²) in [7, 11) is 0. The molecule has 0 unspecified atom stereocenters. The Morgan fingerprint density at radius 3 is 2.29 bits per heavy atom. The van der Waals surface area contributed by atoms with Crippen molar-refractivity contribution in [2.45, 2.75) is 0 Å². The lowest BCUT2D eigenvalue weighted by Crippen LogP contribution is -2.13. The Bertz CT molecular complexity index is 827. The van der Waals surface area contributed by atoms with E-state index in [1.54, 1.807) is 12.1 Å². The van der Waals surface area contributed by atoms with Crippen molar-refractivity contribution in [2.75, 3.05) is 11.1 Å². The molecule has 0 radical (unpaired) electrons. The third-order valence-corrected chi connectivity index (χ3v) is 3.36. The van der Waals surface area contributed by atoms with Gasteiger partial charge in [-0.1, -0.05) is 30.3 Å². The smallest absolute Gasteiger partial charge is 0.250 e. The van der Waals surface area contributed by atoms with E-state index in [1.165, 1.54) is 5.39 Å². The highest BCUT2D eigenvalue weighted by molar-refractivity contribution is 5.99. The van der Waals surface area contributed by atoms with Crippen LogP contribution in [0.15, 0.2) is 60.7 Å². The molecule has 0 bridgehead atoms. The Kier molecular flexibility index (Phi) is 3.20. The molecule has 4 heteroatoms. The molecule has 4 nitrogen and oxygen atoms in total. The first kappa shape index (κ1) is 13.0. The monoisotopic (exact) mass is 277 g/mol. The zero-order valence-electron chi connectivity index (χ0n) is 11.3. The number of nitrogens with one attached hydrogen (secondary N) is 1. The number of hydrogen-bond donors (Lipinski definition) is 3. The predicted molar refractivity (Wildman–Crippen MR) is 86.6 cm³/mol. The van der Waals surface area contributed by atoms with Crippen molar-refractivity contribution in [2.24, 2.45) is 5.73 Å². The fraction of sp³-hybridized carbons (Fsp3) is 0. The molecule has 0 aliphatic carbocycles. The van der Waals surface area contributed by atoms with E-state index in [2.05, 4.69) is 23.5 Å². The standard InChI is InChI=1S/C17H15N3O/c18-16-8-7-14(10-15(16)17(19)21)20-13-6-5-11-3-1-2-4-12(11)9-13/h1-10,20H,18H2,(H2,19,21). The molecular weight excluding hydrogens is 262 g/mol. The van der Waals surface area contributed by atoms with E-state index in [9.17, 15) is 4.79 Å². The molecule has 0 fully saturated rings. The highest BCUT2D eigenvalue weighted by Gasteiger charge is 2.07. The zero-order chi connectivity index (χ0) is 14.8. The normalized spacial score (nSPS) is 10.5. The van der Waals surface area contributed by atoms with E-state index in [0.717, 1.165) is 16.8 Å². The van der Waals surface area contributed by atoms with E-state index in [-0.39, 0.29) is 0 Å². The van der Waals surface area contributed by atoms with E-state index in [0.29, 0.717) is 11.3 Å². The first-order chi connectivity index (χ1) is 10.1. The van der Waals surface area contributed by atoms with Crippen molar-refractivity contribution >= 4 is 33.7 Å². The second-order valence-electron chi connectivity index (χ2n) is 4.85. The van der Waals surface area contributed by atoms with Crippen molar-refractivity contribution in [1.82, 2.24) is 0 Å². The highest BCUT2D eigenvalue weighted by Crippen LogP contribution is 2.24. The van der Waals surface area contributed by atoms with Gasteiger partial charge in [-0.15, -0.1) is 0 Å². The van der Waals surface area contributed by atoms with Crippen LogP contribution in [-0.4, -0.2) is 5.91 Å². The summed E-state index contributed by atoms with van der Waals surface area (Å²) in [5, 5.41) is 5.58. The number of nitrogens with two attached hydrogens (primary N) is 2. The van der Waals surface area contributed by atoms with Crippen LogP contribution in [0.25, 0.3) is 10.8 Å². The van der Waals surface area contributed by atoms with E-state index >= 15 is 0 Å². The maximum absolute atomic E-state index is 11.3. The van der Waals surface area contributed by atoms with Gasteiger partial charge in [0.1, 0.15) is 0 Å². The summed E-state index contributed by atoms with van der Waals surface area (Å²) < 4.78 is 0. The first-order valence-electron chi connectivity index (χ1n) is 6.58. The molecule has 0 atom stereocenters. The van der Waals surface area contributed by atoms with E-state index in [4.69, 9.17) is 11.5 Å². The van der Waals surface area contributed by atoms with Crippen LogP contribution in [0.1, 0.15) is 10.4 Å². The van der Waals surface area contributed by atoms with Gasteiger partial charge in [0.15, 0.2) is 0 Å². The topological polar surface area (TPSA) is 81.1 Å². The van der Waals surface area contributed by atoms with Gasteiger partial charge in [-0.05, 0) is 41.1 Å². The van der Waals surface area contributed by atoms with Gasteiger partial charge in [-0.25, -0.2) is 0 Å². The van der Waals surface area contributed by atoms with E-state index in [1.807, 2.05) is 30.3 Å². The van der Waals surface area contributed by atoms with E-state index < -0.39 is 5.91 Å². The van der Waals surface area contributed by atoms with Gasteiger partial charge < -0.3 is 16.8 Å². The van der Waals surface area contributed by atoms with Crippen LogP contribution in [-0.2, 0) is 0 Å². The lowest BCUT2D eigenvalue weighted by atomic mass is 10.1. The molecule has 5 N–H and O–H groups in total. The van der Waals surface area contributed by atoms with Gasteiger partial charge in [0.25, 0.3) is 5.91 Å². The van der Waals surface area contributed by atoms with Crippen molar-refractivity contribution in [3.63, 3.8) is 0 Å². The minimum atomic E-state index is -0.533. The molecular formula is C17H15N3O. The summed E-state index contributed by atoms with van der Waals surface area (Å²) in [6.45, 7) is 0. The number of fused-ring (bicyclic) bond motifs is 1. The summed E-state index contributed by atoms with van der Waals surface area (Å²) in [5.41, 5.74) is 13.4. The number of carbonyl (C=O) groups excluding carboxylic acids is 1. The van der Waals surface area contributed by atoms with Crippen LogP contribution < -0.4 is 16.8 Å². The van der Waals surface area contributed by atoms with Crippen LogP contribution >= 0.6 is 0 Å². The number of rotatable bonds is 3. The van der Waals surface area contributed by atoms with Crippen LogP contribution in [0, 0.1) is 0 Å². The summed E-state index contributed by atoms with van der Waals surface area (Å²) in [6.07, 6.45) is 0. The number of benzene rings is 3. The summed E-state index contributed by atoms with van der Waals surface area (Å²) in [4.78, 5) is 11.3. The Morgan fingerprint density at radius 1 is 0.857 bits per heavy atom. The lowest BCUT2D eigenvalue weighted by molar-refractivity contribution is 0.100. The molecule has 0 saturated carbocycles. The van der Waals surface area contributed by atoms with Crippen molar-refractivity contribution < 1.29 is 4.79 Å². The van der Waals surface area contributed by atoms with Crippen LogP contribution in [0.5, 0.6) is 0 Å². The number of hydrogen-bond acceptors (Lipinski definition) is 3. The third-order valence-electron chi connectivity index (χ3n) is 3.36. The maximum atomic E-state index is 11.3. The minimum Gasteiger partial charge on any atom is -0.398 e. The molecule has 0 heterocycles. The average Bonchev–Trinajstić information content (AvgIpc) is 2.49. The number of primary amides is 1. The minimum absolute atomic E-state index is 0.320. The van der Waals surface area contributed by atoms with Gasteiger partial charge in [-0.3, -0.25) is 4.79 Å². The molecule has 3 aromatic carbocycles. The van der Waals surface area contributed by atoms with Crippen molar-refractivity contribution in [3.05, 3.63) is 66.2 Å². The largest absolute Gasteiger partial charge is 0.398 e. The molecule has 3 aromatic rings. The first-order valence-corrected chi connectivity index (χ1v) is 6.58. The molecule has 0 spiro atoms. The van der Waals surface area contributed by atoms with Crippen LogP contribution in [0.3, 0.4) is 0 Å². The molecule has 1 amide bonds. The molecule has 3 rings (SSSR count).